The van der Waals surface area contributed by atoms with Crippen LogP contribution < -0.4 is 10.6 Å². The third-order valence-corrected chi connectivity index (χ3v) is 2.35. The quantitative estimate of drug-likeness (QED) is 0.721. The Labute approximate surface area is 107 Å². The maximum absolute atomic E-state index is 11.5. The molecule has 0 aliphatic carbocycles. The number of amides is 2. The minimum absolute atomic E-state index is 0.362. The predicted octanol–water partition coefficient (Wildman–Crippen LogP) is -0.0194. The molecule has 0 saturated heterocycles. The van der Waals surface area contributed by atoms with E-state index in [4.69, 9.17) is 0 Å². The summed E-state index contributed by atoms with van der Waals surface area (Å²) in [6.07, 6.45) is 0. The Kier molecular flexibility index (Phi) is 5.87. The van der Waals surface area contributed by atoms with Crippen molar-refractivity contribution >= 4 is 11.8 Å². The highest BCUT2D eigenvalue weighted by Gasteiger charge is 2.11. The first-order valence-corrected chi connectivity index (χ1v) is 5.84. The normalized spacial score (nSPS) is 10.2. The molecule has 1 rings (SSSR count). The largest absolute Gasteiger partial charge is 0.347 e. The van der Waals surface area contributed by atoms with Crippen LogP contribution in [0.5, 0.6) is 0 Å². The van der Waals surface area contributed by atoms with Gasteiger partial charge in [0, 0.05) is 19.6 Å². The molecule has 0 fully saturated rings. The molecule has 0 bridgehead atoms. The molecule has 5 heteroatoms. The standard InChI is InChI=1S/C13H19N3O2/c1-16(2)9-8-14-12(17)13(18)15-10-11-6-4-3-5-7-11/h3-7H,8-10H2,1-2H3,(H,14,17)(H,15,18). The predicted molar refractivity (Wildman–Crippen MR) is 69.9 cm³/mol. The summed E-state index contributed by atoms with van der Waals surface area (Å²) >= 11 is 0. The van der Waals surface area contributed by atoms with Gasteiger partial charge < -0.3 is 15.5 Å². The van der Waals surface area contributed by atoms with Gasteiger partial charge in [-0.1, -0.05) is 30.3 Å². The fourth-order valence-electron chi connectivity index (χ4n) is 1.33. The summed E-state index contributed by atoms with van der Waals surface area (Å²) in [6.45, 7) is 1.53. The van der Waals surface area contributed by atoms with Crippen molar-refractivity contribution in [1.29, 1.82) is 0 Å². The van der Waals surface area contributed by atoms with E-state index in [9.17, 15) is 9.59 Å². The molecule has 0 heterocycles. The van der Waals surface area contributed by atoms with Crippen LogP contribution in [0.2, 0.25) is 0 Å². The average Bonchev–Trinajstić information content (AvgIpc) is 2.36. The second-order valence-electron chi connectivity index (χ2n) is 4.23. The van der Waals surface area contributed by atoms with Crippen molar-refractivity contribution < 1.29 is 9.59 Å². The van der Waals surface area contributed by atoms with Crippen LogP contribution in [0, 0.1) is 0 Å². The summed E-state index contributed by atoms with van der Waals surface area (Å²) in [5.74, 6) is -1.19. The highest BCUT2D eigenvalue weighted by atomic mass is 16.2. The van der Waals surface area contributed by atoms with Gasteiger partial charge in [0.2, 0.25) is 0 Å². The van der Waals surface area contributed by atoms with E-state index in [-0.39, 0.29) is 0 Å². The van der Waals surface area contributed by atoms with Gasteiger partial charge in [-0.15, -0.1) is 0 Å². The van der Waals surface area contributed by atoms with Crippen molar-refractivity contribution in [2.75, 3.05) is 27.2 Å². The summed E-state index contributed by atoms with van der Waals surface area (Å²) in [5, 5.41) is 5.13. The highest BCUT2D eigenvalue weighted by Crippen LogP contribution is 1.96. The average molecular weight is 249 g/mol. The SMILES string of the molecule is CN(C)CCNC(=O)C(=O)NCc1ccccc1. The van der Waals surface area contributed by atoms with Crippen LogP contribution in [-0.4, -0.2) is 43.9 Å². The Morgan fingerprint density at radius 2 is 1.67 bits per heavy atom. The lowest BCUT2D eigenvalue weighted by molar-refractivity contribution is -0.139. The molecular formula is C13H19N3O2. The molecule has 0 aromatic heterocycles. The Morgan fingerprint density at radius 3 is 2.28 bits per heavy atom. The minimum Gasteiger partial charge on any atom is -0.347 e. The highest BCUT2D eigenvalue weighted by molar-refractivity contribution is 6.35. The van der Waals surface area contributed by atoms with Crippen LogP contribution in [0.3, 0.4) is 0 Å². The fraction of sp³-hybridized carbons (Fsp3) is 0.385. The maximum atomic E-state index is 11.5. The lowest BCUT2D eigenvalue weighted by atomic mass is 10.2. The van der Waals surface area contributed by atoms with E-state index in [1.807, 2.05) is 49.3 Å². The number of rotatable bonds is 5. The van der Waals surface area contributed by atoms with Gasteiger partial charge in [-0.2, -0.15) is 0 Å². The van der Waals surface area contributed by atoms with Gasteiger partial charge in [-0.05, 0) is 19.7 Å². The summed E-state index contributed by atoms with van der Waals surface area (Å²) in [5.41, 5.74) is 0.965. The number of carbonyl (C=O) groups is 2. The van der Waals surface area contributed by atoms with E-state index in [2.05, 4.69) is 10.6 Å². The molecule has 2 amide bonds. The molecule has 5 nitrogen and oxygen atoms in total. The topological polar surface area (TPSA) is 61.4 Å². The molecule has 1 aromatic rings. The molecule has 2 N–H and O–H groups in total. The van der Waals surface area contributed by atoms with Gasteiger partial charge in [-0.3, -0.25) is 9.59 Å². The van der Waals surface area contributed by atoms with Crippen LogP contribution >= 0.6 is 0 Å². The van der Waals surface area contributed by atoms with Crippen molar-refractivity contribution in [2.24, 2.45) is 0 Å². The zero-order valence-electron chi connectivity index (χ0n) is 10.8. The minimum atomic E-state index is -0.599. The molecule has 0 atom stereocenters. The summed E-state index contributed by atoms with van der Waals surface area (Å²) in [4.78, 5) is 24.8. The van der Waals surface area contributed by atoms with Crippen molar-refractivity contribution in [2.45, 2.75) is 6.54 Å². The zero-order chi connectivity index (χ0) is 13.4. The molecule has 0 aliphatic rings. The number of nitrogens with one attached hydrogen (secondary N) is 2. The molecule has 0 aliphatic heterocycles. The fourth-order valence-corrected chi connectivity index (χ4v) is 1.33. The lowest BCUT2D eigenvalue weighted by Crippen LogP contribution is -2.41. The van der Waals surface area contributed by atoms with E-state index in [1.165, 1.54) is 0 Å². The molecule has 18 heavy (non-hydrogen) atoms. The van der Waals surface area contributed by atoms with E-state index >= 15 is 0 Å². The van der Waals surface area contributed by atoms with Crippen LogP contribution in [0.4, 0.5) is 0 Å². The molecule has 0 radical (unpaired) electrons. The molecular weight excluding hydrogens is 230 g/mol. The number of hydrogen-bond donors (Lipinski definition) is 2. The van der Waals surface area contributed by atoms with E-state index in [1.54, 1.807) is 0 Å². The van der Waals surface area contributed by atoms with Gasteiger partial charge in [0.25, 0.3) is 0 Å². The Bertz CT molecular complexity index is 390. The van der Waals surface area contributed by atoms with Crippen LogP contribution in [0.15, 0.2) is 30.3 Å². The van der Waals surface area contributed by atoms with Crippen molar-refractivity contribution in [1.82, 2.24) is 15.5 Å². The Balaban J connectivity index is 2.26. The van der Waals surface area contributed by atoms with Gasteiger partial charge in [0.05, 0.1) is 0 Å². The number of benzene rings is 1. The Morgan fingerprint density at radius 1 is 1.06 bits per heavy atom. The molecule has 98 valence electrons. The monoisotopic (exact) mass is 249 g/mol. The van der Waals surface area contributed by atoms with Crippen LogP contribution in [-0.2, 0) is 16.1 Å². The first-order chi connectivity index (χ1) is 8.59. The molecule has 0 saturated carbocycles. The smallest absolute Gasteiger partial charge is 0.309 e. The van der Waals surface area contributed by atoms with Crippen LogP contribution in [0.1, 0.15) is 5.56 Å². The number of nitrogens with zero attached hydrogens (tertiary/aromatic N) is 1. The van der Waals surface area contributed by atoms with E-state index in [0.717, 1.165) is 5.56 Å². The van der Waals surface area contributed by atoms with E-state index in [0.29, 0.717) is 19.6 Å². The lowest BCUT2D eigenvalue weighted by Gasteiger charge is -2.10. The Hall–Kier alpha value is -1.88. The first-order valence-electron chi connectivity index (χ1n) is 5.84. The number of hydrogen-bond acceptors (Lipinski definition) is 3. The van der Waals surface area contributed by atoms with Gasteiger partial charge in [0.15, 0.2) is 0 Å². The summed E-state index contributed by atoms with van der Waals surface area (Å²) < 4.78 is 0. The zero-order valence-corrected chi connectivity index (χ0v) is 10.8. The second-order valence-corrected chi connectivity index (χ2v) is 4.23. The van der Waals surface area contributed by atoms with Crippen molar-refractivity contribution in [3.05, 3.63) is 35.9 Å². The number of carbonyl (C=O) groups excluding carboxylic acids is 2. The van der Waals surface area contributed by atoms with Crippen LogP contribution in [0.25, 0.3) is 0 Å². The molecule has 0 unspecified atom stereocenters. The maximum Gasteiger partial charge on any atom is 0.309 e. The van der Waals surface area contributed by atoms with Gasteiger partial charge >= 0.3 is 11.8 Å². The molecule has 1 aromatic carbocycles. The van der Waals surface area contributed by atoms with Gasteiger partial charge in [0.1, 0.15) is 0 Å². The van der Waals surface area contributed by atoms with Crippen molar-refractivity contribution in [3.63, 3.8) is 0 Å². The van der Waals surface area contributed by atoms with E-state index < -0.39 is 11.8 Å². The second kappa shape index (κ2) is 7.45. The summed E-state index contributed by atoms with van der Waals surface area (Å²) in [7, 11) is 3.81. The first kappa shape index (κ1) is 14.2. The third-order valence-electron chi connectivity index (χ3n) is 2.35. The molecule has 0 spiro atoms. The van der Waals surface area contributed by atoms with Crippen molar-refractivity contribution in [3.8, 4) is 0 Å². The third kappa shape index (κ3) is 5.45. The number of likely N-dealkylation sites (N-methyl/N-ethyl adjacent to an activating group) is 1. The summed E-state index contributed by atoms with van der Waals surface area (Å²) in [6, 6.07) is 9.46. The van der Waals surface area contributed by atoms with Gasteiger partial charge in [-0.25, -0.2) is 0 Å².